The summed E-state index contributed by atoms with van der Waals surface area (Å²) in [6.45, 7) is 2.89. The van der Waals surface area contributed by atoms with Crippen molar-refractivity contribution in [2.24, 2.45) is 5.84 Å². The van der Waals surface area contributed by atoms with Crippen molar-refractivity contribution in [2.75, 3.05) is 33.5 Å². The van der Waals surface area contributed by atoms with Crippen LogP contribution in [0.2, 0.25) is 0 Å². The zero-order valence-electron chi connectivity index (χ0n) is 8.54. The summed E-state index contributed by atoms with van der Waals surface area (Å²) < 4.78 is 10.1. The Hall–Kier alpha value is -0.430. The van der Waals surface area contributed by atoms with E-state index >= 15 is 0 Å². The van der Waals surface area contributed by atoms with Crippen molar-refractivity contribution < 1.29 is 9.47 Å². The second-order valence-electron chi connectivity index (χ2n) is 2.71. The van der Waals surface area contributed by atoms with E-state index in [1.807, 2.05) is 0 Å². The molecule has 5 nitrogen and oxygen atoms in total. The van der Waals surface area contributed by atoms with Crippen LogP contribution in [0.4, 0.5) is 0 Å². The number of nitrogens with two attached hydrogens (primary N) is 1. The summed E-state index contributed by atoms with van der Waals surface area (Å²) in [5.41, 5.74) is 2.36. The van der Waals surface area contributed by atoms with Crippen LogP contribution in [0.3, 0.4) is 0 Å². The first kappa shape index (κ1) is 13.6. The molecule has 0 rings (SSSR count). The Morgan fingerprint density at radius 2 is 2.07 bits per heavy atom. The average molecular weight is 221 g/mol. The van der Waals surface area contributed by atoms with Crippen molar-refractivity contribution in [3.8, 4) is 0 Å². The minimum absolute atomic E-state index is 0.477. The van der Waals surface area contributed by atoms with Crippen LogP contribution in [0.15, 0.2) is 0 Å². The van der Waals surface area contributed by atoms with E-state index in [-0.39, 0.29) is 0 Å². The lowest BCUT2D eigenvalue weighted by Gasteiger charge is -2.06. The monoisotopic (exact) mass is 221 g/mol. The van der Waals surface area contributed by atoms with Gasteiger partial charge in [-0.2, -0.15) is 0 Å². The largest absolute Gasteiger partial charge is 0.382 e. The highest BCUT2D eigenvalue weighted by molar-refractivity contribution is 7.80. The molecule has 0 aromatic rings. The second kappa shape index (κ2) is 10.6. The highest BCUT2D eigenvalue weighted by Gasteiger charge is 1.92. The maximum atomic E-state index is 5.28. The summed E-state index contributed by atoms with van der Waals surface area (Å²) in [5, 5.41) is 3.43. The van der Waals surface area contributed by atoms with E-state index in [4.69, 9.17) is 27.5 Å². The van der Waals surface area contributed by atoms with Crippen LogP contribution in [-0.4, -0.2) is 38.6 Å². The van der Waals surface area contributed by atoms with Crippen molar-refractivity contribution >= 4 is 17.3 Å². The third kappa shape index (κ3) is 9.66. The molecule has 0 bridgehead atoms. The Bertz CT molecular complexity index is 147. The third-order valence-corrected chi connectivity index (χ3v) is 1.83. The van der Waals surface area contributed by atoms with Crippen LogP contribution in [0.1, 0.15) is 12.8 Å². The molecule has 0 saturated heterocycles. The van der Waals surface area contributed by atoms with Crippen LogP contribution >= 0.6 is 12.2 Å². The fourth-order valence-corrected chi connectivity index (χ4v) is 0.928. The molecule has 0 atom stereocenters. The van der Waals surface area contributed by atoms with E-state index in [0.717, 1.165) is 26.0 Å². The van der Waals surface area contributed by atoms with Gasteiger partial charge in [-0.3, -0.25) is 0 Å². The zero-order valence-corrected chi connectivity index (χ0v) is 9.36. The predicted octanol–water partition coefficient (Wildman–Crippen LogP) is -0.233. The number of hydrogen-bond acceptors (Lipinski definition) is 4. The molecule has 0 heterocycles. The lowest BCUT2D eigenvalue weighted by molar-refractivity contribution is 0.0689. The minimum Gasteiger partial charge on any atom is -0.382 e. The predicted molar refractivity (Wildman–Crippen MR) is 59.9 cm³/mol. The molecule has 0 aromatic carbocycles. The molecule has 0 unspecified atom stereocenters. The van der Waals surface area contributed by atoms with Crippen molar-refractivity contribution in [1.82, 2.24) is 10.7 Å². The number of unbranched alkanes of at least 4 members (excludes halogenated alkanes) is 1. The van der Waals surface area contributed by atoms with Crippen LogP contribution in [0.5, 0.6) is 0 Å². The van der Waals surface area contributed by atoms with E-state index in [1.165, 1.54) is 0 Å². The van der Waals surface area contributed by atoms with Crippen molar-refractivity contribution in [3.63, 3.8) is 0 Å². The summed E-state index contributed by atoms with van der Waals surface area (Å²) in [6, 6.07) is 0. The van der Waals surface area contributed by atoms with E-state index in [1.54, 1.807) is 7.11 Å². The molecule has 84 valence electrons. The van der Waals surface area contributed by atoms with Gasteiger partial charge < -0.3 is 20.2 Å². The van der Waals surface area contributed by atoms with Gasteiger partial charge in [-0.15, -0.1) is 0 Å². The molecule has 0 aliphatic rings. The number of nitrogens with one attached hydrogen (secondary N) is 2. The van der Waals surface area contributed by atoms with Gasteiger partial charge in [0.05, 0.1) is 13.2 Å². The number of thiocarbonyl (C=S) groups is 1. The number of hydrogen-bond donors (Lipinski definition) is 3. The molecule has 0 radical (unpaired) electrons. The Kier molecular flexibility index (Phi) is 10.3. The van der Waals surface area contributed by atoms with Gasteiger partial charge in [0.25, 0.3) is 0 Å². The smallest absolute Gasteiger partial charge is 0.180 e. The molecule has 0 spiro atoms. The molecule has 0 saturated carbocycles. The molecular weight excluding hydrogens is 202 g/mol. The Morgan fingerprint density at radius 1 is 1.29 bits per heavy atom. The van der Waals surface area contributed by atoms with E-state index in [0.29, 0.717) is 18.3 Å². The lowest BCUT2D eigenvalue weighted by atomic mass is 10.3. The second-order valence-corrected chi connectivity index (χ2v) is 3.12. The average Bonchev–Trinajstić information content (AvgIpc) is 2.21. The van der Waals surface area contributed by atoms with Gasteiger partial charge in [0.15, 0.2) is 5.11 Å². The molecule has 0 amide bonds. The minimum atomic E-state index is 0.477. The van der Waals surface area contributed by atoms with Crippen LogP contribution in [0.25, 0.3) is 0 Å². The van der Waals surface area contributed by atoms with Crippen molar-refractivity contribution in [1.29, 1.82) is 0 Å². The summed E-state index contributed by atoms with van der Waals surface area (Å²) >= 11 is 4.80. The quantitative estimate of drug-likeness (QED) is 0.228. The van der Waals surface area contributed by atoms with Gasteiger partial charge in [-0.05, 0) is 25.1 Å². The van der Waals surface area contributed by atoms with Gasteiger partial charge >= 0.3 is 0 Å². The van der Waals surface area contributed by atoms with Gasteiger partial charge in [-0.25, -0.2) is 5.84 Å². The SMILES string of the molecule is COCCOCCCCNC(=S)NN. The standard InChI is InChI=1S/C8H19N3O2S/c1-12-6-7-13-5-3-2-4-10-8(14)11-9/h2-7,9H2,1H3,(H2,10,11,14). The van der Waals surface area contributed by atoms with Crippen LogP contribution < -0.4 is 16.6 Å². The van der Waals surface area contributed by atoms with Crippen molar-refractivity contribution in [2.45, 2.75) is 12.8 Å². The number of ether oxygens (including phenoxy) is 2. The molecule has 14 heavy (non-hydrogen) atoms. The van der Waals surface area contributed by atoms with Gasteiger partial charge in [0.1, 0.15) is 0 Å². The first-order valence-corrected chi connectivity index (χ1v) is 5.03. The summed E-state index contributed by atoms with van der Waals surface area (Å²) in [4.78, 5) is 0. The van der Waals surface area contributed by atoms with Gasteiger partial charge in [0, 0.05) is 20.3 Å². The first-order chi connectivity index (χ1) is 6.81. The zero-order chi connectivity index (χ0) is 10.6. The van der Waals surface area contributed by atoms with Gasteiger partial charge in [-0.1, -0.05) is 0 Å². The molecular formula is C8H19N3O2S. The number of methoxy groups -OCH3 is 1. The molecule has 6 heteroatoms. The highest BCUT2D eigenvalue weighted by atomic mass is 32.1. The van der Waals surface area contributed by atoms with E-state index in [9.17, 15) is 0 Å². The Balaban J connectivity index is 2.95. The molecule has 0 aliphatic carbocycles. The molecule has 0 aliphatic heterocycles. The van der Waals surface area contributed by atoms with E-state index < -0.39 is 0 Å². The van der Waals surface area contributed by atoms with E-state index in [2.05, 4.69) is 10.7 Å². The Labute approximate surface area is 90.3 Å². The molecule has 0 aromatic heterocycles. The summed E-state index contributed by atoms with van der Waals surface area (Å²) in [6.07, 6.45) is 2.01. The van der Waals surface area contributed by atoms with Gasteiger partial charge in [0.2, 0.25) is 0 Å². The van der Waals surface area contributed by atoms with Crippen LogP contribution in [-0.2, 0) is 9.47 Å². The van der Waals surface area contributed by atoms with Crippen molar-refractivity contribution in [3.05, 3.63) is 0 Å². The molecule has 0 fully saturated rings. The first-order valence-electron chi connectivity index (χ1n) is 4.62. The third-order valence-electron chi connectivity index (χ3n) is 1.56. The summed E-state index contributed by atoms with van der Waals surface area (Å²) in [5.74, 6) is 5.08. The number of hydrazine groups is 1. The lowest BCUT2D eigenvalue weighted by Crippen LogP contribution is -2.40. The molecule has 4 N–H and O–H groups in total. The maximum absolute atomic E-state index is 5.28. The Morgan fingerprint density at radius 3 is 2.71 bits per heavy atom. The summed E-state index contributed by atoms with van der Waals surface area (Å²) in [7, 11) is 1.66. The van der Waals surface area contributed by atoms with Crippen LogP contribution in [0, 0.1) is 0 Å². The fraction of sp³-hybridized carbons (Fsp3) is 0.875. The highest BCUT2D eigenvalue weighted by Crippen LogP contribution is 1.88. The topological polar surface area (TPSA) is 68.5 Å². The maximum Gasteiger partial charge on any atom is 0.180 e. The normalized spacial score (nSPS) is 9.86. The number of rotatable bonds is 8. The fourth-order valence-electron chi connectivity index (χ4n) is 0.826.